The van der Waals surface area contributed by atoms with Crippen LogP contribution in [0.5, 0.6) is 0 Å². The highest BCUT2D eigenvalue weighted by molar-refractivity contribution is 5.89. The molecule has 0 heterocycles. The van der Waals surface area contributed by atoms with Crippen molar-refractivity contribution in [3.63, 3.8) is 0 Å². The maximum atomic E-state index is 13.9. The Kier molecular flexibility index (Phi) is 4.18. The monoisotopic (exact) mass is 272 g/mol. The molecule has 20 heavy (non-hydrogen) atoms. The summed E-state index contributed by atoms with van der Waals surface area (Å²) in [5.41, 5.74) is 2.30. The zero-order chi connectivity index (χ0) is 14.7. The van der Waals surface area contributed by atoms with Crippen LogP contribution >= 0.6 is 0 Å². The van der Waals surface area contributed by atoms with Gasteiger partial charge < -0.3 is 5.11 Å². The van der Waals surface area contributed by atoms with Crippen molar-refractivity contribution >= 4 is 5.97 Å². The molecular formula is C17H17FO2. The Morgan fingerprint density at radius 2 is 1.85 bits per heavy atom. The van der Waals surface area contributed by atoms with E-state index in [1.807, 2.05) is 24.3 Å². The molecule has 104 valence electrons. The highest BCUT2D eigenvalue weighted by atomic mass is 19.1. The molecule has 2 nitrogen and oxygen atoms in total. The van der Waals surface area contributed by atoms with Crippen LogP contribution < -0.4 is 0 Å². The predicted octanol–water partition coefficient (Wildman–Crippen LogP) is 4.70. The fourth-order valence-electron chi connectivity index (χ4n) is 2.11. The summed E-state index contributed by atoms with van der Waals surface area (Å²) < 4.78 is 13.9. The van der Waals surface area contributed by atoms with Crippen molar-refractivity contribution in [1.82, 2.24) is 0 Å². The highest BCUT2D eigenvalue weighted by Gasteiger charge is 2.11. The number of carbonyl (C=O) groups is 1. The summed E-state index contributed by atoms with van der Waals surface area (Å²) in [6.45, 7) is 4.26. The lowest BCUT2D eigenvalue weighted by Gasteiger charge is -2.10. The van der Waals surface area contributed by atoms with Gasteiger partial charge in [0.1, 0.15) is 5.82 Å². The van der Waals surface area contributed by atoms with Crippen LogP contribution in [0.3, 0.4) is 0 Å². The number of carboxylic acids is 1. The van der Waals surface area contributed by atoms with Gasteiger partial charge in [-0.25, -0.2) is 9.18 Å². The van der Waals surface area contributed by atoms with Crippen LogP contribution in [-0.4, -0.2) is 11.1 Å². The zero-order valence-corrected chi connectivity index (χ0v) is 11.6. The summed E-state index contributed by atoms with van der Waals surface area (Å²) in [6, 6.07) is 11.5. The molecule has 0 fully saturated rings. The van der Waals surface area contributed by atoms with Gasteiger partial charge in [0.25, 0.3) is 0 Å². The zero-order valence-electron chi connectivity index (χ0n) is 11.6. The van der Waals surface area contributed by atoms with E-state index in [0.717, 1.165) is 6.42 Å². The average Bonchev–Trinajstić information content (AvgIpc) is 2.47. The maximum Gasteiger partial charge on any atom is 0.335 e. The van der Waals surface area contributed by atoms with Crippen molar-refractivity contribution in [2.45, 2.75) is 26.2 Å². The molecule has 0 spiro atoms. The van der Waals surface area contributed by atoms with Crippen molar-refractivity contribution in [3.8, 4) is 11.1 Å². The van der Waals surface area contributed by atoms with Gasteiger partial charge in [-0.1, -0.05) is 38.1 Å². The highest BCUT2D eigenvalue weighted by Crippen LogP contribution is 2.27. The first-order valence-corrected chi connectivity index (χ1v) is 6.66. The summed E-state index contributed by atoms with van der Waals surface area (Å²) in [5, 5.41) is 8.97. The molecule has 1 atom stereocenters. The van der Waals surface area contributed by atoms with E-state index in [-0.39, 0.29) is 5.56 Å². The molecule has 0 saturated carbocycles. The van der Waals surface area contributed by atoms with Crippen molar-refractivity contribution in [3.05, 3.63) is 59.4 Å². The van der Waals surface area contributed by atoms with Crippen LogP contribution in [0.15, 0.2) is 42.5 Å². The number of carboxylic acid groups (broad SMARTS) is 1. The largest absolute Gasteiger partial charge is 0.478 e. The molecule has 3 heteroatoms. The first-order chi connectivity index (χ1) is 9.52. The SMILES string of the molecule is CCC(C)c1ccc(-c2cc(C(=O)O)ccc2F)cc1. The van der Waals surface area contributed by atoms with Crippen LogP contribution in [0.4, 0.5) is 4.39 Å². The van der Waals surface area contributed by atoms with E-state index in [1.165, 1.54) is 23.8 Å². The van der Waals surface area contributed by atoms with Gasteiger partial charge in [-0.15, -0.1) is 0 Å². The molecule has 0 saturated heterocycles. The van der Waals surface area contributed by atoms with E-state index < -0.39 is 11.8 Å². The van der Waals surface area contributed by atoms with E-state index in [9.17, 15) is 9.18 Å². The molecular weight excluding hydrogens is 255 g/mol. The summed E-state index contributed by atoms with van der Waals surface area (Å²) in [4.78, 5) is 11.0. The molecule has 2 rings (SSSR count). The molecule has 0 aliphatic heterocycles. The van der Waals surface area contributed by atoms with Crippen LogP contribution in [0.1, 0.15) is 42.1 Å². The van der Waals surface area contributed by atoms with Crippen LogP contribution in [0.25, 0.3) is 11.1 Å². The number of aromatic carboxylic acids is 1. The van der Waals surface area contributed by atoms with Gasteiger partial charge in [-0.3, -0.25) is 0 Å². The van der Waals surface area contributed by atoms with E-state index in [1.54, 1.807) is 0 Å². The van der Waals surface area contributed by atoms with E-state index in [0.29, 0.717) is 17.0 Å². The molecule has 1 N–H and O–H groups in total. The Labute approximate surface area is 117 Å². The molecule has 2 aromatic carbocycles. The Morgan fingerprint density at radius 3 is 2.40 bits per heavy atom. The van der Waals surface area contributed by atoms with Gasteiger partial charge in [0.15, 0.2) is 0 Å². The Bertz CT molecular complexity index is 617. The first kappa shape index (κ1) is 14.3. The van der Waals surface area contributed by atoms with Crippen LogP contribution in [0.2, 0.25) is 0 Å². The minimum absolute atomic E-state index is 0.0902. The average molecular weight is 272 g/mol. The predicted molar refractivity (Wildman–Crippen MR) is 77.5 cm³/mol. The topological polar surface area (TPSA) is 37.3 Å². The fourth-order valence-corrected chi connectivity index (χ4v) is 2.11. The quantitative estimate of drug-likeness (QED) is 0.875. The molecule has 0 radical (unpaired) electrons. The first-order valence-electron chi connectivity index (χ1n) is 6.66. The molecule has 0 aromatic heterocycles. The number of benzene rings is 2. The second-order valence-corrected chi connectivity index (χ2v) is 4.93. The van der Waals surface area contributed by atoms with E-state index in [2.05, 4.69) is 13.8 Å². The molecule has 2 aromatic rings. The molecule has 0 amide bonds. The van der Waals surface area contributed by atoms with Crippen LogP contribution in [0, 0.1) is 5.82 Å². The lowest BCUT2D eigenvalue weighted by molar-refractivity contribution is 0.0697. The summed E-state index contributed by atoms with van der Waals surface area (Å²) in [5.74, 6) is -1.01. The molecule has 1 unspecified atom stereocenters. The molecule has 0 aliphatic rings. The number of halogens is 1. The number of hydrogen-bond donors (Lipinski definition) is 1. The van der Waals surface area contributed by atoms with E-state index in [4.69, 9.17) is 5.11 Å². The summed E-state index contributed by atoms with van der Waals surface area (Å²) in [6.07, 6.45) is 1.04. The number of hydrogen-bond acceptors (Lipinski definition) is 1. The maximum absolute atomic E-state index is 13.9. The fraction of sp³-hybridized carbons (Fsp3) is 0.235. The summed E-state index contributed by atoms with van der Waals surface area (Å²) in [7, 11) is 0. The molecule has 0 aliphatic carbocycles. The lowest BCUT2D eigenvalue weighted by Crippen LogP contribution is -1.98. The standard InChI is InChI=1S/C17H17FO2/c1-3-11(2)12-4-6-13(7-5-12)15-10-14(17(19)20)8-9-16(15)18/h4-11H,3H2,1-2H3,(H,19,20). The van der Waals surface area contributed by atoms with Gasteiger partial charge in [0, 0.05) is 5.56 Å². The second kappa shape index (κ2) is 5.87. The smallest absolute Gasteiger partial charge is 0.335 e. The van der Waals surface area contributed by atoms with E-state index >= 15 is 0 Å². The van der Waals surface area contributed by atoms with Gasteiger partial charge >= 0.3 is 5.97 Å². The van der Waals surface area contributed by atoms with Crippen molar-refractivity contribution < 1.29 is 14.3 Å². The third-order valence-corrected chi connectivity index (χ3v) is 3.62. The second-order valence-electron chi connectivity index (χ2n) is 4.93. The molecule has 0 bridgehead atoms. The Balaban J connectivity index is 2.41. The Morgan fingerprint density at radius 1 is 1.20 bits per heavy atom. The Hall–Kier alpha value is -2.16. The third-order valence-electron chi connectivity index (χ3n) is 3.62. The third kappa shape index (κ3) is 2.87. The lowest BCUT2D eigenvalue weighted by atomic mass is 9.95. The van der Waals surface area contributed by atoms with Gasteiger partial charge in [0.2, 0.25) is 0 Å². The number of rotatable bonds is 4. The van der Waals surface area contributed by atoms with Gasteiger partial charge in [-0.2, -0.15) is 0 Å². The van der Waals surface area contributed by atoms with Crippen molar-refractivity contribution in [1.29, 1.82) is 0 Å². The van der Waals surface area contributed by atoms with Crippen molar-refractivity contribution in [2.24, 2.45) is 0 Å². The minimum atomic E-state index is -1.05. The van der Waals surface area contributed by atoms with Gasteiger partial charge in [0.05, 0.1) is 5.56 Å². The normalized spacial score (nSPS) is 12.2. The summed E-state index contributed by atoms with van der Waals surface area (Å²) >= 11 is 0. The van der Waals surface area contributed by atoms with Gasteiger partial charge in [-0.05, 0) is 41.7 Å². The minimum Gasteiger partial charge on any atom is -0.478 e. The van der Waals surface area contributed by atoms with Crippen LogP contribution in [-0.2, 0) is 0 Å². The van der Waals surface area contributed by atoms with Crippen molar-refractivity contribution in [2.75, 3.05) is 0 Å².